The lowest BCUT2D eigenvalue weighted by Crippen LogP contribution is -2.48. The summed E-state index contributed by atoms with van der Waals surface area (Å²) in [4.78, 5) is 24.3. The van der Waals surface area contributed by atoms with Crippen molar-refractivity contribution >= 4 is 35.0 Å². The molecule has 1 aliphatic heterocycles. The van der Waals surface area contributed by atoms with Crippen LogP contribution in [-0.4, -0.2) is 47.3 Å². The zero-order valence-corrected chi connectivity index (χ0v) is 14.4. The van der Waals surface area contributed by atoms with Gasteiger partial charge in [-0.2, -0.15) is 0 Å². The number of halogens is 2. The number of ether oxygens (including phenoxy) is 1. The highest BCUT2D eigenvalue weighted by molar-refractivity contribution is 6.53. The number of alkyl halides is 2. The molecule has 7 heteroatoms. The van der Waals surface area contributed by atoms with Crippen molar-refractivity contribution in [2.24, 2.45) is 0 Å². The summed E-state index contributed by atoms with van der Waals surface area (Å²) in [5, 5.41) is 2.77. The third-order valence-corrected chi connectivity index (χ3v) is 4.17. The lowest BCUT2D eigenvalue weighted by Gasteiger charge is -2.32. The minimum Gasteiger partial charge on any atom is -0.484 e. The molecular formula is C16H20Cl2N2O3. The van der Waals surface area contributed by atoms with E-state index in [1.807, 2.05) is 31.2 Å². The number of hydrogen-bond donors (Lipinski definition) is 1. The molecule has 0 saturated carbocycles. The average molecular weight is 359 g/mol. The number of likely N-dealkylation sites (tertiary alicyclic amines) is 1. The van der Waals surface area contributed by atoms with E-state index in [-0.39, 0.29) is 24.5 Å². The fourth-order valence-electron chi connectivity index (χ4n) is 2.41. The summed E-state index contributed by atoms with van der Waals surface area (Å²) in [5.41, 5.74) is 1.14. The van der Waals surface area contributed by atoms with Crippen molar-refractivity contribution in [1.29, 1.82) is 0 Å². The monoisotopic (exact) mass is 358 g/mol. The number of carbonyl (C=O) groups is 2. The number of nitrogens with one attached hydrogen (secondary N) is 1. The number of benzene rings is 1. The van der Waals surface area contributed by atoms with Gasteiger partial charge in [-0.25, -0.2) is 0 Å². The molecule has 126 valence electrons. The molecule has 5 nitrogen and oxygen atoms in total. The van der Waals surface area contributed by atoms with Gasteiger partial charge in [0.05, 0.1) is 0 Å². The van der Waals surface area contributed by atoms with Crippen LogP contribution < -0.4 is 10.1 Å². The molecule has 1 N–H and O–H groups in total. The van der Waals surface area contributed by atoms with Crippen LogP contribution in [0.25, 0.3) is 0 Å². The van der Waals surface area contributed by atoms with Gasteiger partial charge in [-0.3, -0.25) is 9.59 Å². The van der Waals surface area contributed by atoms with Gasteiger partial charge >= 0.3 is 0 Å². The van der Waals surface area contributed by atoms with Crippen molar-refractivity contribution in [3.8, 4) is 5.75 Å². The number of piperidine rings is 1. The molecule has 0 aromatic heterocycles. The van der Waals surface area contributed by atoms with Crippen LogP contribution in [0.5, 0.6) is 5.75 Å². The standard InChI is InChI=1S/C16H20Cl2N2O3/c1-11-2-4-13(5-3-11)23-10-14(21)20-8-6-12(7-9-20)19-16(22)15(17)18/h2-5,12,15H,6-10H2,1H3,(H,19,22). The highest BCUT2D eigenvalue weighted by Gasteiger charge is 2.25. The van der Waals surface area contributed by atoms with Crippen LogP contribution in [0.2, 0.25) is 0 Å². The molecule has 0 atom stereocenters. The van der Waals surface area contributed by atoms with Crippen molar-refractivity contribution in [2.45, 2.75) is 30.6 Å². The van der Waals surface area contributed by atoms with Gasteiger partial charge in [-0.05, 0) is 31.9 Å². The van der Waals surface area contributed by atoms with Gasteiger partial charge in [-0.1, -0.05) is 40.9 Å². The first kappa shape index (κ1) is 17.9. The smallest absolute Gasteiger partial charge is 0.260 e. The first-order valence-electron chi connectivity index (χ1n) is 7.51. The normalized spacial score (nSPS) is 15.6. The van der Waals surface area contributed by atoms with Crippen molar-refractivity contribution in [3.63, 3.8) is 0 Å². The first-order valence-corrected chi connectivity index (χ1v) is 8.39. The molecule has 1 saturated heterocycles. The van der Waals surface area contributed by atoms with Crippen LogP contribution in [0.3, 0.4) is 0 Å². The fraction of sp³-hybridized carbons (Fsp3) is 0.500. The maximum Gasteiger partial charge on any atom is 0.260 e. The van der Waals surface area contributed by atoms with Crippen molar-refractivity contribution in [3.05, 3.63) is 29.8 Å². The summed E-state index contributed by atoms with van der Waals surface area (Å²) in [6, 6.07) is 7.58. The Morgan fingerprint density at radius 2 is 1.87 bits per heavy atom. The van der Waals surface area contributed by atoms with Crippen LogP contribution in [-0.2, 0) is 9.59 Å². The zero-order valence-electron chi connectivity index (χ0n) is 12.9. The average Bonchev–Trinajstić information content (AvgIpc) is 2.54. The third kappa shape index (κ3) is 5.59. The molecule has 1 heterocycles. The summed E-state index contributed by atoms with van der Waals surface area (Å²) < 4.78 is 5.50. The first-order chi connectivity index (χ1) is 11.0. The minimum atomic E-state index is -1.06. The Hall–Kier alpha value is -1.46. The summed E-state index contributed by atoms with van der Waals surface area (Å²) in [6.07, 6.45) is 1.37. The Bertz CT molecular complexity index is 541. The summed E-state index contributed by atoms with van der Waals surface area (Å²) in [5.74, 6) is 0.241. The van der Waals surface area contributed by atoms with E-state index < -0.39 is 4.84 Å². The predicted octanol–water partition coefficient (Wildman–Crippen LogP) is 2.28. The van der Waals surface area contributed by atoms with Crippen molar-refractivity contribution in [2.75, 3.05) is 19.7 Å². The predicted molar refractivity (Wildman–Crippen MR) is 89.9 cm³/mol. The topological polar surface area (TPSA) is 58.6 Å². The van der Waals surface area contributed by atoms with Crippen LogP contribution in [0.1, 0.15) is 18.4 Å². The quantitative estimate of drug-likeness (QED) is 0.821. The molecule has 23 heavy (non-hydrogen) atoms. The van der Waals surface area contributed by atoms with Crippen molar-refractivity contribution in [1.82, 2.24) is 10.2 Å². The van der Waals surface area contributed by atoms with Gasteiger partial charge in [-0.15, -0.1) is 0 Å². The Morgan fingerprint density at radius 1 is 1.26 bits per heavy atom. The van der Waals surface area contributed by atoms with Gasteiger partial charge in [0.25, 0.3) is 11.8 Å². The maximum atomic E-state index is 12.1. The Kier molecular flexibility index (Phi) is 6.54. The number of rotatable bonds is 5. The number of amides is 2. The van der Waals surface area contributed by atoms with Crippen LogP contribution in [0.15, 0.2) is 24.3 Å². The van der Waals surface area contributed by atoms with Crippen LogP contribution in [0, 0.1) is 6.92 Å². The van der Waals surface area contributed by atoms with E-state index in [2.05, 4.69) is 5.32 Å². The molecule has 1 aromatic carbocycles. The molecule has 2 rings (SSSR count). The number of carbonyl (C=O) groups excluding carboxylic acids is 2. The molecule has 0 spiro atoms. The Morgan fingerprint density at radius 3 is 2.43 bits per heavy atom. The van der Waals surface area contributed by atoms with Crippen LogP contribution >= 0.6 is 23.2 Å². The lowest BCUT2D eigenvalue weighted by molar-refractivity contribution is -0.134. The fourth-order valence-corrected chi connectivity index (χ4v) is 2.53. The largest absolute Gasteiger partial charge is 0.484 e. The van der Waals surface area contributed by atoms with E-state index in [0.29, 0.717) is 31.7 Å². The van der Waals surface area contributed by atoms with Gasteiger partial charge in [0.15, 0.2) is 11.4 Å². The number of aryl methyl sites for hydroxylation is 1. The summed E-state index contributed by atoms with van der Waals surface area (Å²) in [7, 11) is 0. The molecule has 0 unspecified atom stereocenters. The SMILES string of the molecule is Cc1ccc(OCC(=O)N2CCC(NC(=O)C(Cl)Cl)CC2)cc1. The molecule has 0 bridgehead atoms. The van der Waals surface area contributed by atoms with Gasteiger partial charge in [0.2, 0.25) is 0 Å². The van der Waals surface area contributed by atoms with E-state index >= 15 is 0 Å². The number of nitrogens with zero attached hydrogens (tertiary/aromatic N) is 1. The molecule has 1 aromatic rings. The Labute approximate surface area is 145 Å². The van der Waals surface area contributed by atoms with Gasteiger partial charge in [0.1, 0.15) is 5.75 Å². The van der Waals surface area contributed by atoms with E-state index in [0.717, 1.165) is 5.56 Å². The maximum absolute atomic E-state index is 12.1. The van der Waals surface area contributed by atoms with E-state index in [9.17, 15) is 9.59 Å². The molecule has 0 radical (unpaired) electrons. The molecule has 2 amide bonds. The second kappa shape index (κ2) is 8.41. The summed E-state index contributed by atoms with van der Waals surface area (Å²) >= 11 is 11.0. The molecule has 1 aliphatic rings. The van der Waals surface area contributed by atoms with Gasteiger partial charge in [0, 0.05) is 19.1 Å². The second-order valence-electron chi connectivity index (χ2n) is 5.57. The molecule has 1 fully saturated rings. The van der Waals surface area contributed by atoms with E-state index in [4.69, 9.17) is 27.9 Å². The summed E-state index contributed by atoms with van der Waals surface area (Å²) in [6.45, 7) is 3.17. The number of hydrogen-bond acceptors (Lipinski definition) is 3. The zero-order chi connectivity index (χ0) is 16.8. The highest BCUT2D eigenvalue weighted by atomic mass is 35.5. The highest BCUT2D eigenvalue weighted by Crippen LogP contribution is 2.14. The van der Waals surface area contributed by atoms with Gasteiger partial charge < -0.3 is 15.0 Å². The molecule has 0 aliphatic carbocycles. The minimum absolute atomic E-state index is 0.00423. The Balaban J connectivity index is 1.73. The lowest BCUT2D eigenvalue weighted by atomic mass is 10.1. The van der Waals surface area contributed by atoms with Crippen molar-refractivity contribution < 1.29 is 14.3 Å². The second-order valence-corrected chi connectivity index (χ2v) is 6.66. The van der Waals surface area contributed by atoms with E-state index in [1.54, 1.807) is 4.90 Å². The van der Waals surface area contributed by atoms with E-state index in [1.165, 1.54) is 0 Å². The third-order valence-electron chi connectivity index (χ3n) is 3.78. The molecular weight excluding hydrogens is 339 g/mol. The van der Waals surface area contributed by atoms with Crippen LogP contribution in [0.4, 0.5) is 0 Å².